The largest absolute Gasteiger partial charge is 0.493 e. The molecular weight excluding hydrogens is 314 g/mol. The Morgan fingerprint density at radius 3 is 3.00 bits per heavy atom. The van der Waals surface area contributed by atoms with Gasteiger partial charge in [-0.1, -0.05) is 12.1 Å². The molecule has 0 spiro atoms. The number of carbonyl (C=O) groups is 1. The number of carbonyl (C=O) groups excluding carboxylic acids is 1. The first-order chi connectivity index (χ1) is 12.3. The first-order valence-corrected chi connectivity index (χ1v) is 8.51. The van der Waals surface area contributed by atoms with Crippen LogP contribution >= 0.6 is 0 Å². The zero-order valence-corrected chi connectivity index (χ0v) is 14.1. The monoisotopic (exact) mass is 333 g/mol. The second kappa shape index (κ2) is 6.51. The van der Waals surface area contributed by atoms with E-state index in [1.807, 2.05) is 48.2 Å². The Labute approximate surface area is 146 Å². The standard InChI is InChI=1S/C20H19N3O2/c1-2-25-18-8-4-3-7-16(18)20(24)23-11-9-17-15(13-23)12-14-6-5-10-21-19(14)22-17/h3-8,10,12H,2,9,11,13H2,1H3. The van der Waals surface area contributed by atoms with Gasteiger partial charge in [0.05, 0.1) is 12.2 Å². The first-order valence-electron chi connectivity index (χ1n) is 8.51. The van der Waals surface area contributed by atoms with Crippen LogP contribution in [0, 0.1) is 0 Å². The molecule has 4 rings (SSSR count). The molecule has 0 atom stereocenters. The van der Waals surface area contributed by atoms with Gasteiger partial charge in [0.1, 0.15) is 5.75 Å². The lowest BCUT2D eigenvalue weighted by molar-refractivity contribution is 0.0729. The molecule has 5 heteroatoms. The molecule has 3 aromatic rings. The Hall–Kier alpha value is -2.95. The van der Waals surface area contributed by atoms with Crippen molar-refractivity contribution in [1.29, 1.82) is 0 Å². The smallest absolute Gasteiger partial charge is 0.257 e. The molecule has 0 N–H and O–H groups in total. The summed E-state index contributed by atoms with van der Waals surface area (Å²) in [6.45, 7) is 3.67. The van der Waals surface area contributed by atoms with E-state index in [0.29, 0.717) is 31.0 Å². The molecule has 2 aromatic heterocycles. The zero-order valence-electron chi connectivity index (χ0n) is 14.1. The lowest BCUT2D eigenvalue weighted by Crippen LogP contribution is -2.36. The summed E-state index contributed by atoms with van der Waals surface area (Å²) in [6, 6.07) is 13.4. The average Bonchev–Trinajstić information content (AvgIpc) is 2.66. The van der Waals surface area contributed by atoms with Gasteiger partial charge in [0.2, 0.25) is 0 Å². The highest BCUT2D eigenvalue weighted by molar-refractivity contribution is 5.97. The number of ether oxygens (including phenoxy) is 1. The van der Waals surface area contributed by atoms with E-state index in [2.05, 4.69) is 16.0 Å². The normalized spacial score (nSPS) is 13.6. The van der Waals surface area contributed by atoms with Crippen LogP contribution < -0.4 is 4.74 Å². The van der Waals surface area contributed by atoms with Gasteiger partial charge in [-0.05, 0) is 42.8 Å². The lowest BCUT2D eigenvalue weighted by Gasteiger charge is -2.29. The van der Waals surface area contributed by atoms with Crippen LogP contribution in [0.1, 0.15) is 28.5 Å². The van der Waals surface area contributed by atoms with Gasteiger partial charge in [-0.2, -0.15) is 0 Å². The first kappa shape index (κ1) is 15.6. The van der Waals surface area contributed by atoms with E-state index in [4.69, 9.17) is 4.74 Å². The van der Waals surface area contributed by atoms with Crippen molar-refractivity contribution in [3.8, 4) is 5.75 Å². The van der Waals surface area contributed by atoms with Crippen LogP contribution in [0.4, 0.5) is 0 Å². The molecule has 1 aliphatic heterocycles. The third kappa shape index (κ3) is 2.93. The Morgan fingerprint density at radius 1 is 1.24 bits per heavy atom. The molecule has 0 radical (unpaired) electrons. The van der Waals surface area contributed by atoms with Crippen molar-refractivity contribution in [2.45, 2.75) is 19.9 Å². The Balaban J connectivity index is 1.64. The maximum absolute atomic E-state index is 13.0. The van der Waals surface area contributed by atoms with Gasteiger partial charge < -0.3 is 9.64 Å². The third-order valence-corrected chi connectivity index (χ3v) is 4.44. The molecule has 1 amide bonds. The van der Waals surface area contributed by atoms with Crippen molar-refractivity contribution in [2.75, 3.05) is 13.2 Å². The lowest BCUT2D eigenvalue weighted by atomic mass is 10.0. The number of nitrogens with zero attached hydrogens (tertiary/aromatic N) is 3. The quantitative estimate of drug-likeness (QED) is 0.738. The summed E-state index contributed by atoms with van der Waals surface area (Å²) in [4.78, 5) is 23.8. The number of amides is 1. The summed E-state index contributed by atoms with van der Waals surface area (Å²) in [5.74, 6) is 0.641. The highest BCUT2D eigenvalue weighted by Gasteiger charge is 2.25. The summed E-state index contributed by atoms with van der Waals surface area (Å²) in [5.41, 5.74) is 3.51. The van der Waals surface area contributed by atoms with E-state index in [1.165, 1.54) is 0 Å². The molecule has 3 heterocycles. The summed E-state index contributed by atoms with van der Waals surface area (Å²) in [5, 5.41) is 1.00. The van der Waals surface area contributed by atoms with E-state index in [0.717, 1.165) is 28.7 Å². The Kier molecular flexibility index (Phi) is 4.06. The SMILES string of the molecule is CCOc1ccccc1C(=O)N1CCc2nc3ncccc3cc2C1. The topological polar surface area (TPSA) is 55.3 Å². The van der Waals surface area contributed by atoms with Gasteiger partial charge in [0, 0.05) is 36.8 Å². The minimum Gasteiger partial charge on any atom is -0.493 e. The van der Waals surface area contributed by atoms with Gasteiger partial charge in [-0.15, -0.1) is 0 Å². The maximum Gasteiger partial charge on any atom is 0.257 e. The van der Waals surface area contributed by atoms with Gasteiger partial charge in [0.25, 0.3) is 5.91 Å². The molecule has 1 aromatic carbocycles. The highest BCUT2D eigenvalue weighted by Crippen LogP contribution is 2.25. The molecule has 0 saturated heterocycles. The molecule has 0 bridgehead atoms. The fraction of sp³-hybridized carbons (Fsp3) is 0.250. The van der Waals surface area contributed by atoms with E-state index in [1.54, 1.807) is 6.20 Å². The molecule has 1 aliphatic rings. The fourth-order valence-corrected chi connectivity index (χ4v) is 3.23. The number of aromatic nitrogens is 2. The van der Waals surface area contributed by atoms with E-state index >= 15 is 0 Å². The number of para-hydroxylation sites is 1. The number of pyridine rings is 2. The third-order valence-electron chi connectivity index (χ3n) is 4.44. The van der Waals surface area contributed by atoms with Crippen molar-refractivity contribution in [1.82, 2.24) is 14.9 Å². The maximum atomic E-state index is 13.0. The van der Waals surface area contributed by atoms with Crippen molar-refractivity contribution in [3.05, 3.63) is 65.5 Å². The molecule has 0 aliphatic carbocycles. The molecule has 0 fully saturated rings. The molecule has 5 nitrogen and oxygen atoms in total. The van der Waals surface area contributed by atoms with Crippen molar-refractivity contribution >= 4 is 16.9 Å². The van der Waals surface area contributed by atoms with Crippen molar-refractivity contribution in [2.24, 2.45) is 0 Å². The van der Waals surface area contributed by atoms with Crippen LogP contribution in [0.25, 0.3) is 11.0 Å². The second-order valence-electron chi connectivity index (χ2n) is 6.05. The summed E-state index contributed by atoms with van der Waals surface area (Å²) in [6.07, 6.45) is 2.50. The van der Waals surface area contributed by atoms with Crippen LogP contribution in [-0.2, 0) is 13.0 Å². The second-order valence-corrected chi connectivity index (χ2v) is 6.05. The zero-order chi connectivity index (χ0) is 17.2. The predicted octanol–water partition coefficient (Wildman–Crippen LogP) is 3.23. The van der Waals surface area contributed by atoms with Crippen LogP contribution in [0.5, 0.6) is 5.75 Å². The molecule has 0 saturated carbocycles. The highest BCUT2D eigenvalue weighted by atomic mass is 16.5. The van der Waals surface area contributed by atoms with E-state index in [9.17, 15) is 4.79 Å². The minimum atomic E-state index is 0.000911. The predicted molar refractivity (Wildman–Crippen MR) is 95.6 cm³/mol. The van der Waals surface area contributed by atoms with E-state index in [-0.39, 0.29) is 5.91 Å². The molecule has 0 unspecified atom stereocenters. The summed E-state index contributed by atoms with van der Waals surface area (Å²) < 4.78 is 5.61. The van der Waals surface area contributed by atoms with Crippen LogP contribution in [0.15, 0.2) is 48.7 Å². The Bertz CT molecular complexity index is 939. The van der Waals surface area contributed by atoms with Crippen LogP contribution in [0.3, 0.4) is 0 Å². The molecule has 25 heavy (non-hydrogen) atoms. The van der Waals surface area contributed by atoms with Gasteiger partial charge >= 0.3 is 0 Å². The number of hydrogen-bond donors (Lipinski definition) is 0. The van der Waals surface area contributed by atoms with Gasteiger partial charge in [0.15, 0.2) is 5.65 Å². The average molecular weight is 333 g/mol. The summed E-state index contributed by atoms with van der Waals surface area (Å²) >= 11 is 0. The van der Waals surface area contributed by atoms with Crippen molar-refractivity contribution in [3.63, 3.8) is 0 Å². The van der Waals surface area contributed by atoms with Gasteiger partial charge in [-0.25, -0.2) is 9.97 Å². The summed E-state index contributed by atoms with van der Waals surface area (Å²) in [7, 11) is 0. The van der Waals surface area contributed by atoms with Gasteiger partial charge in [-0.3, -0.25) is 4.79 Å². The van der Waals surface area contributed by atoms with Crippen molar-refractivity contribution < 1.29 is 9.53 Å². The molecular formula is C20H19N3O2. The number of fused-ring (bicyclic) bond motifs is 2. The molecule has 126 valence electrons. The van der Waals surface area contributed by atoms with Crippen LogP contribution in [-0.4, -0.2) is 33.9 Å². The number of hydrogen-bond acceptors (Lipinski definition) is 4. The number of rotatable bonds is 3. The van der Waals surface area contributed by atoms with E-state index < -0.39 is 0 Å². The number of benzene rings is 1. The fourth-order valence-electron chi connectivity index (χ4n) is 3.23. The van der Waals surface area contributed by atoms with Crippen LogP contribution in [0.2, 0.25) is 0 Å². The minimum absolute atomic E-state index is 0.000911. The Morgan fingerprint density at radius 2 is 2.12 bits per heavy atom.